The Morgan fingerprint density at radius 2 is 2.20 bits per heavy atom. The van der Waals surface area contributed by atoms with Crippen LogP contribution in [0.1, 0.15) is 36.0 Å². The molecule has 15 heavy (non-hydrogen) atoms. The molecule has 0 saturated heterocycles. The van der Waals surface area contributed by atoms with Gasteiger partial charge in [-0.1, -0.05) is 0 Å². The predicted octanol–water partition coefficient (Wildman–Crippen LogP) is 1.74. The Kier molecular flexibility index (Phi) is 3.07. The van der Waals surface area contributed by atoms with Crippen molar-refractivity contribution in [1.82, 2.24) is 10.4 Å². The van der Waals surface area contributed by atoms with Crippen LogP contribution in [0.4, 0.5) is 0 Å². The Hall–Kier alpha value is -1.71. The number of hydrazone groups is 1. The van der Waals surface area contributed by atoms with Crippen molar-refractivity contribution in [1.29, 1.82) is 0 Å². The van der Waals surface area contributed by atoms with E-state index in [1.165, 1.54) is 19.0 Å². The third kappa shape index (κ3) is 2.62. The molecule has 0 atom stereocenters. The highest BCUT2D eigenvalue weighted by molar-refractivity contribution is 5.95. The number of pyridine rings is 1. The molecular weight excluding hydrogens is 190 g/mol. The molecule has 0 radical (unpaired) electrons. The van der Waals surface area contributed by atoms with Gasteiger partial charge in [0.1, 0.15) is 0 Å². The molecule has 4 heteroatoms. The minimum absolute atomic E-state index is 0.192. The van der Waals surface area contributed by atoms with Crippen molar-refractivity contribution in [3.05, 3.63) is 30.1 Å². The van der Waals surface area contributed by atoms with E-state index in [0.29, 0.717) is 5.56 Å². The maximum atomic E-state index is 11.5. The second-order valence-corrected chi connectivity index (χ2v) is 3.57. The summed E-state index contributed by atoms with van der Waals surface area (Å²) < 4.78 is 0. The topological polar surface area (TPSA) is 54.4 Å². The molecule has 0 unspecified atom stereocenters. The SMILES string of the molecule is O=C(NN=C1CCCC1)c1cccnc1. The molecule has 0 spiro atoms. The number of hydrogen-bond donors (Lipinski definition) is 1. The number of carbonyl (C=O) groups excluding carboxylic acids is 1. The lowest BCUT2D eigenvalue weighted by Gasteiger charge is -1.99. The van der Waals surface area contributed by atoms with Crippen LogP contribution in [-0.2, 0) is 0 Å². The molecule has 1 N–H and O–H groups in total. The highest BCUT2D eigenvalue weighted by Gasteiger charge is 2.09. The molecule has 78 valence electrons. The monoisotopic (exact) mass is 203 g/mol. The van der Waals surface area contributed by atoms with Gasteiger partial charge in [0.05, 0.1) is 5.56 Å². The van der Waals surface area contributed by atoms with Gasteiger partial charge in [-0.05, 0) is 37.8 Å². The third-order valence-corrected chi connectivity index (χ3v) is 2.42. The van der Waals surface area contributed by atoms with Gasteiger partial charge in [0, 0.05) is 18.1 Å². The van der Waals surface area contributed by atoms with Crippen molar-refractivity contribution in [3.63, 3.8) is 0 Å². The van der Waals surface area contributed by atoms with E-state index in [1.54, 1.807) is 18.3 Å². The number of carbonyl (C=O) groups is 1. The lowest BCUT2D eigenvalue weighted by Crippen LogP contribution is -2.19. The summed E-state index contributed by atoms with van der Waals surface area (Å²) in [4.78, 5) is 15.4. The van der Waals surface area contributed by atoms with Crippen LogP contribution in [0.25, 0.3) is 0 Å². The number of nitrogens with one attached hydrogen (secondary N) is 1. The molecule has 1 aliphatic rings. The van der Waals surface area contributed by atoms with Crippen LogP contribution >= 0.6 is 0 Å². The van der Waals surface area contributed by atoms with Crippen molar-refractivity contribution in [2.24, 2.45) is 5.10 Å². The van der Waals surface area contributed by atoms with Crippen molar-refractivity contribution in [2.45, 2.75) is 25.7 Å². The molecule has 0 aromatic carbocycles. The minimum atomic E-state index is -0.192. The van der Waals surface area contributed by atoms with Crippen molar-refractivity contribution in [3.8, 4) is 0 Å². The summed E-state index contributed by atoms with van der Waals surface area (Å²) in [5, 5.41) is 4.09. The lowest BCUT2D eigenvalue weighted by molar-refractivity contribution is 0.0954. The normalized spacial score (nSPS) is 15.1. The zero-order valence-electron chi connectivity index (χ0n) is 8.44. The maximum Gasteiger partial charge on any atom is 0.272 e. The molecule has 0 aliphatic heterocycles. The number of hydrogen-bond acceptors (Lipinski definition) is 3. The Labute approximate surface area is 88.4 Å². The first-order valence-electron chi connectivity index (χ1n) is 5.12. The highest BCUT2D eigenvalue weighted by Crippen LogP contribution is 2.13. The van der Waals surface area contributed by atoms with Crippen molar-refractivity contribution in [2.75, 3.05) is 0 Å². The number of amides is 1. The van der Waals surface area contributed by atoms with E-state index in [2.05, 4.69) is 15.5 Å². The Morgan fingerprint density at radius 3 is 2.87 bits per heavy atom. The van der Waals surface area contributed by atoms with Crippen LogP contribution in [0.15, 0.2) is 29.6 Å². The van der Waals surface area contributed by atoms with Crippen LogP contribution < -0.4 is 5.43 Å². The number of rotatable bonds is 2. The van der Waals surface area contributed by atoms with Gasteiger partial charge in [-0.3, -0.25) is 9.78 Å². The quantitative estimate of drug-likeness (QED) is 0.744. The van der Waals surface area contributed by atoms with E-state index in [1.807, 2.05) is 0 Å². The first-order chi connectivity index (χ1) is 7.36. The van der Waals surface area contributed by atoms with Gasteiger partial charge < -0.3 is 0 Å². The second-order valence-electron chi connectivity index (χ2n) is 3.57. The predicted molar refractivity (Wildman–Crippen MR) is 57.6 cm³/mol. The Morgan fingerprint density at radius 1 is 1.40 bits per heavy atom. The van der Waals surface area contributed by atoms with E-state index in [4.69, 9.17) is 0 Å². The molecule has 2 rings (SSSR count). The molecule has 1 fully saturated rings. The highest BCUT2D eigenvalue weighted by atomic mass is 16.2. The third-order valence-electron chi connectivity index (χ3n) is 2.42. The zero-order valence-corrected chi connectivity index (χ0v) is 8.44. The number of aromatic nitrogens is 1. The average molecular weight is 203 g/mol. The second kappa shape index (κ2) is 4.68. The molecule has 0 bridgehead atoms. The van der Waals surface area contributed by atoms with Gasteiger partial charge in [0.2, 0.25) is 0 Å². The average Bonchev–Trinajstić information content (AvgIpc) is 2.80. The fourth-order valence-corrected chi connectivity index (χ4v) is 1.59. The molecular formula is C11H13N3O. The van der Waals surface area contributed by atoms with Gasteiger partial charge in [-0.25, -0.2) is 5.43 Å². The minimum Gasteiger partial charge on any atom is -0.267 e. The van der Waals surface area contributed by atoms with Crippen LogP contribution in [0.2, 0.25) is 0 Å². The first kappa shape index (κ1) is 9.83. The largest absolute Gasteiger partial charge is 0.272 e. The van der Waals surface area contributed by atoms with E-state index in [0.717, 1.165) is 18.6 Å². The Bertz CT molecular complexity index is 365. The van der Waals surface area contributed by atoms with Crippen LogP contribution in [-0.4, -0.2) is 16.6 Å². The van der Waals surface area contributed by atoms with Gasteiger partial charge >= 0.3 is 0 Å². The fraction of sp³-hybridized carbons (Fsp3) is 0.364. The summed E-state index contributed by atoms with van der Waals surface area (Å²) in [7, 11) is 0. The van der Waals surface area contributed by atoms with Gasteiger partial charge in [-0.2, -0.15) is 5.10 Å². The van der Waals surface area contributed by atoms with Crippen molar-refractivity contribution < 1.29 is 4.79 Å². The zero-order chi connectivity index (χ0) is 10.5. The van der Waals surface area contributed by atoms with E-state index in [9.17, 15) is 4.79 Å². The summed E-state index contributed by atoms with van der Waals surface area (Å²) >= 11 is 0. The standard InChI is InChI=1S/C11H13N3O/c15-11(9-4-3-7-12-8-9)14-13-10-5-1-2-6-10/h3-4,7-8H,1-2,5-6H2,(H,14,15). The molecule has 1 saturated carbocycles. The summed E-state index contributed by atoms with van der Waals surface area (Å²) in [6, 6.07) is 3.45. The van der Waals surface area contributed by atoms with Gasteiger partial charge in [0.25, 0.3) is 5.91 Å². The van der Waals surface area contributed by atoms with Gasteiger partial charge in [0.15, 0.2) is 0 Å². The van der Waals surface area contributed by atoms with Gasteiger partial charge in [-0.15, -0.1) is 0 Å². The van der Waals surface area contributed by atoms with Crippen LogP contribution in [0.5, 0.6) is 0 Å². The maximum absolute atomic E-state index is 11.5. The summed E-state index contributed by atoms with van der Waals surface area (Å²) in [5.41, 5.74) is 4.18. The molecule has 1 aliphatic carbocycles. The van der Waals surface area contributed by atoms with Crippen LogP contribution in [0.3, 0.4) is 0 Å². The number of nitrogens with zero attached hydrogens (tertiary/aromatic N) is 2. The smallest absolute Gasteiger partial charge is 0.267 e. The fourth-order valence-electron chi connectivity index (χ4n) is 1.59. The molecule has 1 aromatic rings. The summed E-state index contributed by atoms with van der Waals surface area (Å²) in [5.74, 6) is -0.192. The summed E-state index contributed by atoms with van der Waals surface area (Å²) in [6.45, 7) is 0. The molecule has 1 amide bonds. The lowest BCUT2D eigenvalue weighted by atomic mass is 10.3. The molecule has 4 nitrogen and oxygen atoms in total. The first-order valence-corrected chi connectivity index (χ1v) is 5.12. The van der Waals surface area contributed by atoms with E-state index < -0.39 is 0 Å². The molecule has 1 heterocycles. The Balaban J connectivity index is 1.95. The van der Waals surface area contributed by atoms with E-state index >= 15 is 0 Å². The van der Waals surface area contributed by atoms with E-state index in [-0.39, 0.29) is 5.91 Å². The van der Waals surface area contributed by atoms with Crippen molar-refractivity contribution >= 4 is 11.6 Å². The van der Waals surface area contributed by atoms with Crippen LogP contribution in [0, 0.1) is 0 Å². The summed E-state index contributed by atoms with van der Waals surface area (Å²) in [6.07, 6.45) is 7.55. The molecule has 1 aromatic heterocycles.